The highest BCUT2D eigenvalue weighted by Gasteiger charge is 2.31. The lowest BCUT2D eigenvalue weighted by Crippen LogP contribution is -2.32. The van der Waals surface area contributed by atoms with Gasteiger partial charge in [0.2, 0.25) is 5.91 Å². The third kappa shape index (κ3) is 4.43. The van der Waals surface area contributed by atoms with Crippen LogP contribution in [0.4, 0.5) is 0 Å². The lowest BCUT2D eigenvalue weighted by atomic mass is 9.92. The van der Waals surface area contributed by atoms with Crippen LogP contribution in [0.1, 0.15) is 33.1 Å². The zero-order chi connectivity index (χ0) is 15.5. The molecule has 0 aliphatic heterocycles. The number of sulfone groups is 1. The van der Waals surface area contributed by atoms with Gasteiger partial charge in [0.1, 0.15) is 0 Å². The van der Waals surface area contributed by atoms with Crippen molar-refractivity contribution in [1.82, 2.24) is 5.32 Å². The number of hydrogen-bond donors (Lipinski definition) is 1. The molecule has 5 heteroatoms. The number of carbonyl (C=O) groups excluding carboxylic acids is 1. The summed E-state index contributed by atoms with van der Waals surface area (Å²) in [5.74, 6) is -0.350. The second-order valence-electron chi connectivity index (χ2n) is 6.27. The van der Waals surface area contributed by atoms with Gasteiger partial charge in [0.15, 0.2) is 9.84 Å². The molecule has 1 aliphatic carbocycles. The molecule has 1 amide bonds. The van der Waals surface area contributed by atoms with Gasteiger partial charge in [-0.2, -0.15) is 0 Å². The summed E-state index contributed by atoms with van der Waals surface area (Å²) in [4.78, 5) is 12.0. The first-order chi connectivity index (χ1) is 9.78. The van der Waals surface area contributed by atoms with Crippen LogP contribution in [0.25, 0.3) is 0 Å². The summed E-state index contributed by atoms with van der Waals surface area (Å²) in [7, 11) is -3.55. The predicted octanol–water partition coefficient (Wildman–Crippen LogP) is 2.67. The SMILES string of the molecule is CC1(C)CCC(NC(=O)/C=C/S(=O)(=O)c2ccccc2)C1. The third-order valence-corrected chi connectivity index (χ3v) is 5.21. The van der Waals surface area contributed by atoms with Gasteiger partial charge in [-0.1, -0.05) is 32.0 Å². The lowest BCUT2D eigenvalue weighted by molar-refractivity contribution is -0.117. The molecule has 0 spiro atoms. The highest BCUT2D eigenvalue weighted by atomic mass is 32.2. The van der Waals surface area contributed by atoms with Crippen LogP contribution < -0.4 is 5.32 Å². The number of benzene rings is 1. The predicted molar refractivity (Wildman–Crippen MR) is 82.3 cm³/mol. The Kier molecular flexibility index (Phi) is 4.52. The lowest BCUT2D eigenvalue weighted by Gasteiger charge is -2.17. The average Bonchev–Trinajstić information content (AvgIpc) is 2.77. The first-order valence-electron chi connectivity index (χ1n) is 7.07. The average molecular weight is 307 g/mol. The Morgan fingerprint density at radius 3 is 2.52 bits per heavy atom. The molecule has 1 aliphatic rings. The maximum Gasteiger partial charge on any atom is 0.244 e. The van der Waals surface area contributed by atoms with E-state index >= 15 is 0 Å². The van der Waals surface area contributed by atoms with Crippen molar-refractivity contribution in [1.29, 1.82) is 0 Å². The van der Waals surface area contributed by atoms with Crippen LogP contribution in [0.15, 0.2) is 46.7 Å². The van der Waals surface area contributed by atoms with Crippen molar-refractivity contribution < 1.29 is 13.2 Å². The Morgan fingerprint density at radius 1 is 1.29 bits per heavy atom. The van der Waals surface area contributed by atoms with Crippen molar-refractivity contribution in [2.75, 3.05) is 0 Å². The minimum absolute atomic E-state index is 0.136. The first-order valence-corrected chi connectivity index (χ1v) is 8.62. The molecule has 0 radical (unpaired) electrons. The van der Waals surface area contributed by atoms with E-state index in [0.29, 0.717) is 0 Å². The second-order valence-corrected chi connectivity index (χ2v) is 8.11. The molecule has 0 saturated heterocycles. The molecule has 0 bridgehead atoms. The molecule has 2 rings (SSSR count). The van der Waals surface area contributed by atoms with Gasteiger partial charge in [-0.05, 0) is 36.8 Å². The fraction of sp³-hybridized carbons (Fsp3) is 0.438. The molecule has 1 unspecified atom stereocenters. The summed E-state index contributed by atoms with van der Waals surface area (Å²) < 4.78 is 24.0. The van der Waals surface area contributed by atoms with Gasteiger partial charge in [0.25, 0.3) is 0 Å². The Bertz CT molecular complexity index is 633. The van der Waals surface area contributed by atoms with E-state index in [1.165, 1.54) is 12.1 Å². The van der Waals surface area contributed by atoms with Crippen LogP contribution in [0.3, 0.4) is 0 Å². The molecule has 1 atom stereocenters. The van der Waals surface area contributed by atoms with Crippen LogP contribution in [0.2, 0.25) is 0 Å². The monoisotopic (exact) mass is 307 g/mol. The molecule has 21 heavy (non-hydrogen) atoms. The number of carbonyl (C=O) groups is 1. The van der Waals surface area contributed by atoms with E-state index in [9.17, 15) is 13.2 Å². The maximum absolute atomic E-state index is 12.0. The van der Waals surface area contributed by atoms with Crippen molar-refractivity contribution in [2.24, 2.45) is 5.41 Å². The number of rotatable bonds is 4. The smallest absolute Gasteiger partial charge is 0.244 e. The molecule has 0 heterocycles. The van der Waals surface area contributed by atoms with E-state index in [1.54, 1.807) is 18.2 Å². The van der Waals surface area contributed by atoms with E-state index in [0.717, 1.165) is 30.7 Å². The van der Waals surface area contributed by atoms with Gasteiger partial charge in [-0.15, -0.1) is 0 Å². The van der Waals surface area contributed by atoms with Crippen molar-refractivity contribution >= 4 is 15.7 Å². The first kappa shape index (κ1) is 15.8. The summed E-state index contributed by atoms with van der Waals surface area (Å²) >= 11 is 0. The van der Waals surface area contributed by atoms with Gasteiger partial charge in [-0.25, -0.2) is 8.42 Å². The zero-order valence-electron chi connectivity index (χ0n) is 12.4. The Labute approximate surface area is 126 Å². The molecular weight excluding hydrogens is 286 g/mol. The van der Waals surface area contributed by atoms with Crippen molar-refractivity contribution in [2.45, 2.75) is 44.0 Å². The van der Waals surface area contributed by atoms with Gasteiger partial charge < -0.3 is 5.32 Å². The quantitative estimate of drug-likeness (QED) is 0.870. The summed E-state index contributed by atoms with van der Waals surface area (Å²) in [5.41, 5.74) is 0.248. The van der Waals surface area contributed by atoms with Crippen molar-refractivity contribution in [3.63, 3.8) is 0 Å². The highest BCUT2D eigenvalue weighted by Crippen LogP contribution is 2.36. The molecule has 1 aromatic carbocycles. The fourth-order valence-electron chi connectivity index (χ4n) is 2.65. The van der Waals surface area contributed by atoms with Gasteiger partial charge in [-0.3, -0.25) is 4.79 Å². The molecule has 4 nitrogen and oxygen atoms in total. The van der Waals surface area contributed by atoms with Gasteiger partial charge in [0.05, 0.1) is 4.90 Å². The Hall–Kier alpha value is -1.62. The minimum atomic E-state index is -3.55. The normalized spacial score (nSPS) is 21.5. The number of hydrogen-bond acceptors (Lipinski definition) is 3. The number of amides is 1. The third-order valence-electron chi connectivity index (χ3n) is 3.79. The molecule has 1 saturated carbocycles. The Morgan fingerprint density at radius 2 is 1.95 bits per heavy atom. The standard InChI is InChI=1S/C16H21NO3S/c1-16(2)10-8-13(12-16)17-15(18)9-11-21(19,20)14-6-4-3-5-7-14/h3-7,9,11,13H,8,10,12H2,1-2H3,(H,17,18)/b11-9+. The summed E-state index contributed by atoms with van der Waals surface area (Å²) in [6, 6.07) is 8.21. The summed E-state index contributed by atoms with van der Waals surface area (Å²) in [6.07, 6.45) is 4.05. The van der Waals surface area contributed by atoms with Crippen LogP contribution in [-0.2, 0) is 14.6 Å². The van der Waals surface area contributed by atoms with Crippen LogP contribution >= 0.6 is 0 Å². The zero-order valence-corrected chi connectivity index (χ0v) is 13.2. The van der Waals surface area contributed by atoms with E-state index < -0.39 is 9.84 Å². The van der Waals surface area contributed by atoms with E-state index in [4.69, 9.17) is 0 Å². The molecule has 1 N–H and O–H groups in total. The van der Waals surface area contributed by atoms with Crippen molar-refractivity contribution in [3.05, 3.63) is 41.8 Å². The van der Waals surface area contributed by atoms with Crippen LogP contribution in [-0.4, -0.2) is 20.4 Å². The Balaban J connectivity index is 1.97. The van der Waals surface area contributed by atoms with Crippen LogP contribution in [0, 0.1) is 5.41 Å². The van der Waals surface area contributed by atoms with Gasteiger partial charge >= 0.3 is 0 Å². The maximum atomic E-state index is 12.0. The molecule has 1 aromatic rings. The molecule has 0 aromatic heterocycles. The van der Waals surface area contributed by atoms with Crippen molar-refractivity contribution in [3.8, 4) is 0 Å². The summed E-state index contributed by atoms with van der Waals surface area (Å²) in [6.45, 7) is 4.35. The molecule has 1 fully saturated rings. The topological polar surface area (TPSA) is 63.2 Å². The largest absolute Gasteiger partial charge is 0.350 e. The minimum Gasteiger partial charge on any atom is -0.350 e. The summed E-state index contributed by atoms with van der Waals surface area (Å²) in [5, 5.41) is 3.84. The highest BCUT2D eigenvalue weighted by molar-refractivity contribution is 7.94. The fourth-order valence-corrected chi connectivity index (χ4v) is 3.65. The molecule has 114 valence electrons. The van der Waals surface area contributed by atoms with Gasteiger partial charge in [0, 0.05) is 17.5 Å². The van der Waals surface area contributed by atoms with Crippen LogP contribution in [0.5, 0.6) is 0 Å². The second kappa shape index (κ2) is 6.02. The van der Waals surface area contributed by atoms with E-state index in [1.807, 2.05) is 0 Å². The van der Waals surface area contributed by atoms with E-state index in [-0.39, 0.29) is 22.3 Å². The number of nitrogens with one attached hydrogen (secondary N) is 1. The molecular formula is C16H21NO3S. The van der Waals surface area contributed by atoms with E-state index in [2.05, 4.69) is 19.2 Å².